The highest BCUT2D eigenvalue weighted by molar-refractivity contribution is 5.69. The van der Waals surface area contributed by atoms with Crippen LogP contribution in [0.5, 0.6) is 0 Å². The van der Waals surface area contributed by atoms with E-state index >= 15 is 0 Å². The Bertz CT molecular complexity index is 492. The molecule has 2 saturated heterocycles. The summed E-state index contributed by atoms with van der Waals surface area (Å²) in [6, 6.07) is 0. The van der Waals surface area contributed by atoms with Gasteiger partial charge in [-0.1, -0.05) is 24.9 Å². The molecule has 0 amide bonds. The summed E-state index contributed by atoms with van der Waals surface area (Å²) >= 11 is 0. The first-order valence-electron chi connectivity index (χ1n) is 8.50. The minimum absolute atomic E-state index is 0.0493. The highest BCUT2D eigenvalue weighted by Crippen LogP contribution is 2.43. The molecule has 2 aliphatic heterocycles. The van der Waals surface area contributed by atoms with E-state index in [0.717, 1.165) is 19.3 Å². The van der Waals surface area contributed by atoms with Crippen molar-refractivity contribution in [3.8, 4) is 0 Å². The first-order chi connectivity index (χ1) is 11.4. The van der Waals surface area contributed by atoms with Gasteiger partial charge in [-0.2, -0.15) is 0 Å². The van der Waals surface area contributed by atoms with Crippen LogP contribution in [0, 0.1) is 5.92 Å². The SMILES string of the molecule is CCCC[C@H](CC(=O)OC)[C@@H]1O[C@H]1[C@@H]1OC(C)(C)O[C@@H]1CN=[N+]=[N-]. The van der Waals surface area contributed by atoms with E-state index in [0.29, 0.717) is 6.42 Å². The van der Waals surface area contributed by atoms with Crippen LogP contribution in [0.25, 0.3) is 10.4 Å². The van der Waals surface area contributed by atoms with Gasteiger partial charge in [-0.15, -0.1) is 0 Å². The Morgan fingerprint density at radius 1 is 1.38 bits per heavy atom. The second-order valence-electron chi connectivity index (χ2n) is 6.80. The van der Waals surface area contributed by atoms with Crippen molar-refractivity contribution >= 4 is 5.97 Å². The number of methoxy groups -OCH3 is 1. The van der Waals surface area contributed by atoms with Gasteiger partial charge in [0.25, 0.3) is 0 Å². The fraction of sp³-hybridized carbons (Fsp3) is 0.938. The average molecular weight is 341 g/mol. The Morgan fingerprint density at radius 2 is 2.12 bits per heavy atom. The van der Waals surface area contributed by atoms with Crippen LogP contribution >= 0.6 is 0 Å². The number of carbonyl (C=O) groups is 1. The van der Waals surface area contributed by atoms with Crippen LogP contribution in [0.4, 0.5) is 0 Å². The number of carbonyl (C=O) groups excluding carboxylic acids is 1. The van der Waals surface area contributed by atoms with Gasteiger partial charge in [-0.3, -0.25) is 4.79 Å². The molecular weight excluding hydrogens is 314 g/mol. The van der Waals surface area contributed by atoms with Crippen LogP contribution in [0.1, 0.15) is 46.5 Å². The van der Waals surface area contributed by atoms with Gasteiger partial charge in [0.2, 0.25) is 0 Å². The predicted molar refractivity (Wildman–Crippen MR) is 86.1 cm³/mol. The third-order valence-electron chi connectivity index (χ3n) is 4.48. The lowest BCUT2D eigenvalue weighted by atomic mass is 9.91. The van der Waals surface area contributed by atoms with Crippen molar-refractivity contribution in [2.75, 3.05) is 13.7 Å². The molecule has 0 aromatic rings. The maximum Gasteiger partial charge on any atom is 0.305 e. The number of unbranched alkanes of at least 4 members (excludes halogenated alkanes) is 1. The fourth-order valence-electron chi connectivity index (χ4n) is 3.33. The Morgan fingerprint density at radius 3 is 2.75 bits per heavy atom. The molecule has 2 fully saturated rings. The normalized spacial score (nSPS) is 32.0. The van der Waals surface area contributed by atoms with Crippen molar-refractivity contribution < 1.29 is 23.7 Å². The minimum Gasteiger partial charge on any atom is -0.469 e. The Balaban J connectivity index is 2.01. The van der Waals surface area contributed by atoms with Crippen LogP contribution in [-0.4, -0.2) is 49.8 Å². The third-order valence-corrected chi connectivity index (χ3v) is 4.48. The number of epoxide rings is 1. The van der Waals surface area contributed by atoms with Gasteiger partial charge in [0.1, 0.15) is 12.2 Å². The lowest BCUT2D eigenvalue weighted by Gasteiger charge is -2.17. The minimum atomic E-state index is -0.738. The number of rotatable bonds is 9. The molecule has 0 aromatic heterocycles. The highest BCUT2D eigenvalue weighted by atomic mass is 16.8. The number of hydrogen-bond donors (Lipinski definition) is 0. The van der Waals surface area contributed by atoms with Crippen LogP contribution in [-0.2, 0) is 23.7 Å². The number of hydrogen-bond acceptors (Lipinski definition) is 6. The van der Waals surface area contributed by atoms with E-state index < -0.39 is 5.79 Å². The van der Waals surface area contributed by atoms with Crippen LogP contribution < -0.4 is 0 Å². The van der Waals surface area contributed by atoms with Gasteiger partial charge >= 0.3 is 5.97 Å². The highest BCUT2D eigenvalue weighted by Gasteiger charge is 2.57. The molecule has 2 rings (SSSR count). The predicted octanol–water partition coefficient (Wildman–Crippen LogP) is 2.95. The molecule has 0 saturated carbocycles. The van der Waals surface area contributed by atoms with Gasteiger partial charge < -0.3 is 18.9 Å². The van der Waals surface area contributed by atoms with E-state index in [1.807, 2.05) is 13.8 Å². The van der Waals surface area contributed by atoms with Crippen molar-refractivity contribution in [1.82, 2.24) is 0 Å². The van der Waals surface area contributed by atoms with E-state index in [9.17, 15) is 4.79 Å². The van der Waals surface area contributed by atoms with Gasteiger partial charge in [0, 0.05) is 4.91 Å². The largest absolute Gasteiger partial charge is 0.469 e. The molecule has 0 aromatic carbocycles. The zero-order valence-electron chi connectivity index (χ0n) is 14.8. The Kier molecular flexibility index (Phi) is 6.46. The van der Waals surface area contributed by atoms with E-state index in [1.165, 1.54) is 7.11 Å². The monoisotopic (exact) mass is 341 g/mol. The van der Waals surface area contributed by atoms with Crippen LogP contribution in [0.15, 0.2) is 5.11 Å². The van der Waals surface area contributed by atoms with Crippen LogP contribution in [0.3, 0.4) is 0 Å². The molecule has 0 aliphatic carbocycles. The summed E-state index contributed by atoms with van der Waals surface area (Å²) in [6.07, 6.45) is 2.52. The van der Waals surface area contributed by atoms with Crippen LogP contribution in [0.2, 0.25) is 0 Å². The molecule has 0 N–H and O–H groups in total. The first kappa shape index (κ1) is 19.0. The van der Waals surface area contributed by atoms with Crippen molar-refractivity contribution in [1.29, 1.82) is 0 Å². The molecule has 0 spiro atoms. The maximum absolute atomic E-state index is 11.7. The van der Waals surface area contributed by atoms with Crippen molar-refractivity contribution in [2.45, 2.75) is 76.7 Å². The maximum atomic E-state index is 11.7. The molecule has 5 atom stereocenters. The van der Waals surface area contributed by atoms with Gasteiger partial charge in [0.05, 0.1) is 32.3 Å². The summed E-state index contributed by atoms with van der Waals surface area (Å²) in [5, 5.41) is 3.61. The summed E-state index contributed by atoms with van der Waals surface area (Å²) in [5.41, 5.74) is 8.54. The lowest BCUT2D eigenvalue weighted by molar-refractivity contribution is -0.147. The third kappa shape index (κ3) is 4.83. The second kappa shape index (κ2) is 8.16. The van der Waals surface area contributed by atoms with Crippen molar-refractivity contribution in [3.63, 3.8) is 0 Å². The number of azide groups is 1. The van der Waals surface area contributed by atoms with E-state index in [2.05, 4.69) is 16.9 Å². The average Bonchev–Trinajstić information content (AvgIpc) is 3.27. The fourth-order valence-corrected chi connectivity index (χ4v) is 3.33. The smallest absolute Gasteiger partial charge is 0.305 e. The molecule has 2 aliphatic rings. The topological polar surface area (TPSA) is 106 Å². The quantitative estimate of drug-likeness (QED) is 0.211. The molecule has 136 valence electrons. The first-order valence-corrected chi connectivity index (χ1v) is 8.50. The standard InChI is InChI=1S/C16H27N3O5/c1-5-6-7-10(8-12(20)21-4)13-15(22-13)14-11(9-18-19-17)23-16(2,3)24-14/h10-11,13-15H,5-9H2,1-4H3/t10-,11-,13+,14-,15-/m1/s1. The van der Waals surface area contributed by atoms with Gasteiger partial charge in [-0.05, 0) is 31.7 Å². The Labute approximate surface area is 142 Å². The summed E-state index contributed by atoms with van der Waals surface area (Å²) in [4.78, 5) is 14.5. The van der Waals surface area contributed by atoms with Gasteiger partial charge in [0.15, 0.2) is 5.79 Å². The van der Waals surface area contributed by atoms with E-state index in [1.54, 1.807) is 0 Å². The number of nitrogens with zero attached hydrogens (tertiary/aromatic N) is 3. The number of ether oxygens (including phenoxy) is 4. The zero-order valence-corrected chi connectivity index (χ0v) is 14.8. The second-order valence-corrected chi connectivity index (χ2v) is 6.80. The molecule has 0 radical (unpaired) electrons. The van der Waals surface area contributed by atoms with Gasteiger partial charge in [-0.25, -0.2) is 0 Å². The molecule has 8 nitrogen and oxygen atoms in total. The summed E-state index contributed by atoms with van der Waals surface area (Å²) in [7, 11) is 1.40. The molecular formula is C16H27N3O5. The van der Waals surface area contributed by atoms with Crippen molar-refractivity contribution in [3.05, 3.63) is 10.4 Å². The molecule has 0 unspecified atom stereocenters. The molecule has 8 heteroatoms. The number of esters is 1. The molecule has 0 bridgehead atoms. The summed E-state index contributed by atoms with van der Waals surface area (Å²) < 4.78 is 22.4. The lowest BCUT2D eigenvalue weighted by Crippen LogP contribution is -2.33. The summed E-state index contributed by atoms with van der Waals surface area (Å²) in [6.45, 7) is 5.98. The zero-order chi connectivity index (χ0) is 17.7. The van der Waals surface area contributed by atoms with Crippen molar-refractivity contribution in [2.24, 2.45) is 11.0 Å². The molecule has 2 heterocycles. The van der Waals surface area contributed by atoms with E-state index in [-0.39, 0.29) is 42.8 Å². The Hall–Kier alpha value is -1.34. The molecule has 24 heavy (non-hydrogen) atoms. The summed E-state index contributed by atoms with van der Waals surface area (Å²) in [5.74, 6) is -0.854. The van der Waals surface area contributed by atoms with E-state index in [4.69, 9.17) is 24.5 Å².